The van der Waals surface area contributed by atoms with Gasteiger partial charge in [0.1, 0.15) is 5.76 Å². The predicted octanol–water partition coefficient (Wildman–Crippen LogP) is 2.88. The molecule has 3 heterocycles. The number of hydrogen-bond acceptors (Lipinski definition) is 9. The Balaban J connectivity index is 1.39. The summed E-state index contributed by atoms with van der Waals surface area (Å²) in [6, 6.07) is 13.1. The van der Waals surface area contributed by atoms with Crippen molar-refractivity contribution in [1.29, 1.82) is 0 Å². The van der Waals surface area contributed by atoms with E-state index in [4.69, 9.17) is 23.7 Å². The largest absolute Gasteiger partial charge is 0.497 e. The van der Waals surface area contributed by atoms with Gasteiger partial charge in [0.25, 0.3) is 0 Å². The molecule has 1 spiro atoms. The smallest absolute Gasteiger partial charge is 0.339 e. The Labute approximate surface area is 227 Å². The number of ether oxygens (including phenoxy) is 5. The summed E-state index contributed by atoms with van der Waals surface area (Å²) in [5.74, 6) is 0.0308. The molecule has 39 heavy (non-hydrogen) atoms. The lowest BCUT2D eigenvalue weighted by atomic mass is 9.77. The Bertz CT molecular complexity index is 1310. The fourth-order valence-electron chi connectivity index (χ4n) is 6.77. The minimum absolute atomic E-state index is 0.0995. The molecule has 4 aliphatic rings. The van der Waals surface area contributed by atoms with E-state index >= 15 is 0 Å². The number of esters is 2. The number of nitrogens with zero attached hydrogens (tertiary/aromatic N) is 1. The number of aliphatic hydroxyl groups is 1. The monoisotopic (exact) mass is 535 g/mol. The van der Waals surface area contributed by atoms with E-state index < -0.39 is 35.6 Å². The van der Waals surface area contributed by atoms with E-state index in [1.807, 2.05) is 30.3 Å². The Morgan fingerprint density at radius 3 is 2.64 bits per heavy atom. The first-order chi connectivity index (χ1) is 18.9. The number of methoxy groups -OCH3 is 2. The number of carbonyl (C=O) groups excluding carboxylic acids is 2. The third kappa shape index (κ3) is 4.33. The molecule has 3 aliphatic heterocycles. The van der Waals surface area contributed by atoms with Gasteiger partial charge in [-0.15, -0.1) is 0 Å². The van der Waals surface area contributed by atoms with Crippen molar-refractivity contribution in [1.82, 2.24) is 4.90 Å². The van der Waals surface area contributed by atoms with Crippen LogP contribution in [0.5, 0.6) is 11.5 Å². The summed E-state index contributed by atoms with van der Waals surface area (Å²) in [6.07, 6.45) is 3.36. The highest BCUT2D eigenvalue weighted by Crippen LogP contribution is 2.55. The maximum absolute atomic E-state index is 13.9. The molecule has 9 nitrogen and oxygen atoms in total. The second kappa shape index (κ2) is 9.88. The van der Waals surface area contributed by atoms with Crippen molar-refractivity contribution in [2.24, 2.45) is 0 Å². The molecule has 2 aromatic rings. The molecule has 206 valence electrons. The molecule has 1 saturated heterocycles. The van der Waals surface area contributed by atoms with Gasteiger partial charge in [-0.3, -0.25) is 9.69 Å². The van der Waals surface area contributed by atoms with E-state index in [1.54, 1.807) is 19.2 Å². The van der Waals surface area contributed by atoms with Gasteiger partial charge in [0.2, 0.25) is 6.79 Å². The highest BCUT2D eigenvalue weighted by atomic mass is 16.7. The summed E-state index contributed by atoms with van der Waals surface area (Å²) in [4.78, 5) is 28.6. The van der Waals surface area contributed by atoms with Gasteiger partial charge in [0.15, 0.2) is 23.2 Å². The minimum atomic E-state index is -2.12. The van der Waals surface area contributed by atoms with Crippen LogP contribution in [0.4, 0.5) is 0 Å². The van der Waals surface area contributed by atoms with Crippen molar-refractivity contribution in [2.75, 3.05) is 34.1 Å². The molecule has 0 bridgehead atoms. The summed E-state index contributed by atoms with van der Waals surface area (Å²) in [7, 11) is 2.80. The molecular weight excluding hydrogens is 502 g/mol. The molecule has 0 radical (unpaired) electrons. The maximum Gasteiger partial charge on any atom is 0.339 e. The highest BCUT2D eigenvalue weighted by molar-refractivity contribution is 5.86. The number of hydrogen-bond donors (Lipinski definition) is 1. The van der Waals surface area contributed by atoms with E-state index in [1.165, 1.54) is 7.11 Å². The summed E-state index contributed by atoms with van der Waals surface area (Å²) >= 11 is 0. The second-order valence-electron chi connectivity index (χ2n) is 10.7. The van der Waals surface area contributed by atoms with Crippen LogP contribution in [0.2, 0.25) is 0 Å². The first kappa shape index (κ1) is 25.7. The molecule has 1 aliphatic carbocycles. The fraction of sp³-hybridized carbons (Fsp3) is 0.467. The molecule has 0 saturated carbocycles. The second-order valence-corrected chi connectivity index (χ2v) is 10.7. The van der Waals surface area contributed by atoms with Gasteiger partial charge in [-0.2, -0.15) is 0 Å². The number of carbonyl (C=O) groups is 2. The minimum Gasteiger partial charge on any atom is -0.497 e. The topological polar surface area (TPSA) is 104 Å². The van der Waals surface area contributed by atoms with Crippen LogP contribution in [0.3, 0.4) is 0 Å². The Morgan fingerprint density at radius 1 is 1.13 bits per heavy atom. The summed E-state index contributed by atoms with van der Waals surface area (Å²) in [5.41, 5.74) is 0.291. The maximum atomic E-state index is 13.9. The molecule has 0 unspecified atom stereocenters. The van der Waals surface area contributed by atoms with Crippen LogP contribution in [0.1, 0.15) is 41.9 Å². The van der Waals surface area contributed by atoms with Crippen LogP contribution < -0.4 is 9.47 Å². The molecule has 0 amide bonds. The van der Waals surface area contributed by atoms with E-state index in [2.05, 4.69) is 11.0 Å². The molecule has 2 aromatic carbocycles. The standard InChI is InChI=1S/C30H33NO8/c1-35-24-16-29-10-6-11-31(29)12-9-20-13-22-23(38-18-37-22)14-21(20)26(29)27(24)39-28(33)30(34,17-25(32)36-2)15-19-7-4-3-5-8-19/h3-5,7-8,13-14,16,26-27,34H,6,9-12,15,17-18H2,1-2H3/t26-,27-,29-,30-/m1/s1. The van der Waals surface area contributed by atoms with Gasteiger partial charge < -0.3 is 28.8 Å². The molecule has 6 rings (SSSR count). The molecular formula is C30H33NO8. The average Bonchev–Trinajstić information content (AvgIpc) is 3.62. The lowest BCUT2D eigenvalue weighted by molar-refractivity contribution is -0.177. The zero-order chi connectivity index (χ0) is 27.2. The van der Waals surface area contributed by atoms with Crippen molar-refractivity contribution in [3.05, 3.63) is 71.0 Å². The first-order valence-electron chi connectivity index (χ1n) is 13.4. The Hall–Kier alpha value is -3.56. The highest BCUT2D eigenvalue weighted by Gasteiger charge is 2.59. The predicted molar refractivity (Wildman–Crippen MR) is 139 cm³/mol. The van der Waals surface area contributed by atoms with E-state index in [-0.39, 0.29) is 19.1 Å². The first-order valence-corrected chi connectivity index (χ1v) is 13.4. The van der Waals surface area contributed by atoms with Gasteiger partial charge >= 0.3 is 11.9 Å². The SMILES string of the molecule is COC(=O)C[C@](O)(Cc1ccccc1)C(=O)O[C@@H]1C(OC)=C[C@@]23CCCN2CCc2cc4c(cc2[C@H]13)OCO4. The number of rotatable bonds is 7. The number of benzene rings is 2. The van der Waals surface area contributed by atoms with Gasteiger partial charge in [-0.05, 0) is 60.7 Å². The molecule has 1 N–H and O–H groups in total. The Morgan fingerprint density at radius 2 is 1.90 bits per heavy atom. The van der Waals surface area contributed by atoms with Gasteiger partial charge in [-0.25, -0.2) is 4.79 Å². The van der Waals surface area contributed by atoms with Crippen LogP contribution in [0, 0.1) is 0 Å². The lowest BCUT2D eigenvalue weighted by Gasteiger charge is -2.39. The van der Waals surface area contributed by atoms with Crippen molar-refractivity contribution in [2.45, 2.75) is 55.3 Å². The molecule has 0 aromatic heterocycles. The summed E-state index contributed by atoms with van der Waals surface area (Å²) in [6.45, 7) is 1.93. The zero-order valence-corrected chi connectivity index (χ0v) is 22.2. The van der Waals surface area contributed by atoms with Crippen LogP contribution in [0.15, 0.2) is 54.3 Å². The third-order valence-corrected chi connectivity index (χ3v) is 8.58. The quantitative estimate of drug-likeness (QED) is 0.536. The van der Waals surface area contributed by atoms with Crippen LogP contribution in [0.25, 0.3) is 0 Å². The lowest BCUT2D eigenvalue weighted by Crippen LogP contribution is -2.50. The van der Waals surface area contributed by atoms with Crippen molar-refractivity contribution >= 4 is 11.9 Å². The Kier molecular flexibility index (Phi) is 6.51. The van der Waals surface area contributed by atoms with Crippen molar-refractivity contribution < 1.29 is 38.4 Å². The summed E-state index contributed by atoms with van der Waals surface area (Å²) in [5, 5.41) is 11.6. The molecule has 9 heteroatoms. The molecule has 4 atom stereocenters. The van der Waals surface area contributed by atoms with Gasteiger partial charge in [-0.1, -0.05) is 30.3 Å². The average molecular weight is 536 g/mol. The normalized spacial score (nSPS) is 26.4. The van der Waals surface area contributed by atoms with Gasteiger partial charge in [0, 0.05) is 13.0 Å². The zero-order valence-electron chi connectivity index (χ0n) is 22.2. The van der Waals surface area contributed by atoms with Crippen molar-refractivity contribution in [3.8, 4) is 11.5 Å². The van der Waals surface area contributed by atoms with E-state index in [9.17, 15) is 14.7 Å². The fourth-order valence-corrected chi connectivity index (χ4v) is 6.77. The summed E-state index contributed by atoms with van der Waals surface area (Å²) < 4.78 is 28.2. The van der Waals surface area contributed by atoms with Crippen LogP contribution >= 0.6 is 0 Å². The van der Waals surface area contributed by atoms with E-state index in [0.29, 0.717) is 22.8 Å². The third-order valence-electron chi connectivity index (χ3n) is 8.58. The van der Waals surface area contributed by atoms with E-state index in [0.717, 1.165) is 43.5 Å². The molecule has 1 fully saturated rings. The van der Waals surface area contributed by atoms with Crippen molar-refractivity contribution in [3.63, 3.8) is 0 Å². The van der Waals surface area contributed by atoms with Crippen LogP contribution in [-0.2, 0) is 36.6 Å². The van der Waals surface area contributed by atoms with Crippen LogP contribution in [-0.4, -0.2) is 73.3 Å². The number of fused-ring (bicyclic) bond motifs is 3. The van der Waals surface area contributed by atoms with Gasteiger partial charge in [0.05, 0.1) is 32.1 Å².